The van der Waals surface area contributed by atoms with Gasteiger partial charge in [-0.2, -0.15) is 4.57 Å². The number of fused-ring (bicyclic) bond motifs is 2. The average Bonchev–Trinajstić information content (AvgIpc) is 2.79. The van der Waals surface area contributed by atoms with Gasteiger partial charge in [-0.1, -0.05) is 0 Å². The number of aromatic carboxylic acids is 1. The number of hydrogen-bond donors (Lipinski definition) is 1. The Morgan fingerprint density at radius 3 is 1.87 bits per heavy atom. The summed E-state index contributed by atoms with van der Waals surface area (Å²) in [6.07, 6.45) is 0. The van der Waals surface area contributed by atoms with Crippen molar-refractivity contribution in [2.45, 2.75) is 13.8 Å². The van der Waals surface area contributed by atoms with Gasteiger partial charge in [0, 0.05) is 12.1 Å². The van der Waals surface area contributed by atoms with E-state index in [0.717, 1.165) is 0 Å². The fourth-order valence-electron chi connectivity index (χ4n) is 4.20. The van der Waals surface area contributed by atoms with E-state index in [9.17, 15) is 29.0 Å². The van der Waals surface area contributed by atoms with Crippen LogP contribution in [0.25, 0.3) is 21.8 Å². The molecule has 10 nitrogen and oxygen atoms in total. The number of aryl methyl sites for hydroxylation is 3. The van der Waals surface area contributed by atoms with E-state index in [2.05, 4.69) is 4.52 Å². The maximum Gasteiger partial charge on any atom is 1.00 e. The predicted molar refractivity (Wildman–Crippen MR) is 125 cm³/mol. The third-order valence-electron chi connectivity index (χ3n) is 5.76. The van der Waals surface area contributed by atoms with Crippen LogP contribution in [0.3, 0.4) is 0 Å². The van der Waals surface area contributed by atoms with Crippen LogP contribution >= 0.6 is 7.82 Å². The second kappa shape index (κ2) is 12.5. The molecule has 186 valence electrons. The molecule has 4 rings (SSSR count). The first kappa shape index (κ1) is 32.2. The molecule has 0 fully saturated rings. The molecule has 1 heterocycles. The van der Waals surface area contributed by atoms with Crippen molar-refractivity contribution >= 4 is 41.6 Å². The van der Waals surface area contributed by atoms with E-state index in [-0.39, 0.29) is 87.1 Å². The SMILES string of the molecule is COc1ccc2c(c1)c(C(=O)Oc1c(C)cc(C(=O)O)cc1C)c1cc(OP(=O)([O-])[O-])ccc1[n+]2C.[Na+].[Na+]. The molecule has 0 atom stereocenters. The normalized spacial score (nSPS) is 10.9. The molecule has 4 aromatic rings. The summed E-state index contributed by atoms with van der Waals surface area (Å²) >= 11 is 0. The average molecular weight is 556 g/mol. The molecule has 3 aromatic carbocycles. The number of carboxylic acid groups (broad SMARTS) is 1. The van der Waals surface area contributed by atoms with Crippen molar-refractivity contribution in [2.24, 2.45) is 7.05 Å². The van der Waals surface area contributed by atoms with Gasteiger partial charge in [-0.15, -0.1) is 0 Å². The van der Waals surface area contributed by atoms with Crippen LogP contribution in [-0.4, -0.2) is 24.2 Å². The van der Waals surface area contributed by atoms with Gasteiger partial charge in [-0.05, 0) is 61.4 Å². The second-order valence-corrected chi connectivity index (χ2v) is 9.25. The van der Waals surface area contributed by atoms with Gasteiger partial charge in [0.2, 0.25) is 11.0 Å². The Hall–Kier alpha value is -1.98. The first-order chi connectivity index (χ1) is 16.9. The Morgan fingerprint density at radius 2 is 1.39 bits per heavy atom. The summed E-state index contributed by atoms with van der Waals surface area (Å²) in [7, 11) is -2.11. The number of rotatable bonds is 6. The predicted octanol–water partition coefficient (Wildman–Crippen LogP) is -3.42. The summed E-state index contributed by atoms with van der Waals surface area (Å²) in [6.45, 7) is 3.25. The van der Waals surface area contributed by atoms with Crippen LogP contribution in [-0.2, 0) is 11.6 Å². The van der Waals surface area contributed by atoms with Crippen molar-refractivity contribution in [1.82, 2.24) is 0 Å². The maximum absolute atomic E-state index is 13.7. The second-order valence-electron chi connectivity index (χ2n) is 8.17. The maximum atomic E-state index is 13.7. The molecule has 38 heavy (non-hydrogen) atoms. The summed E-state index contributed by atoms with van der Waals surface area (Å²) in [5.41, 5.74) is 2.20. The minimum absolute atomic E-state index is 0. The van der Waals surface area contributed by atoms with Gasteiger partial charge in [0.1, 0.15) is 32.1 Å². The molecule has 0 bridgehead atoms. The van der Waals surface area contributed by atoms with E-state index in [0.29, 0.717) is 33.3 Å². The Kier molecular flexibility index (Phi) is 10.6. The number of hydrogen-bond acceptors (Lipinski definition) is 8. The van der Waals surface area contributed by atoms with Crippen molar-refractivity contribution in [3.8, 4) is 17.2 Å². The molecule has 0 radical (unpaired) electrons. The standard InChI is InChI=1S/C25H22NO9P.2Na/c1-13-9-15(24(27)28)10-14(2)23(13)34-25(29)22-18-11-16(33-4)5-7-20(18)26(3)21-8-6-17(12-19(21)22)35-36(30,31)32;;/h5-12H,1-4H3,(H2-,27,28,30,31,32);;/q;2*+1/p-1. The van der Waals surface area contributed by atoms with Crippen LogP contribution in [0.4, 0.5) is 0 Å². The van der Waals surface area contributed by atoms with E-state index in [4.69, 9.17) is 9.47 Å². The summed E-state index contributed by atoms with van der Waals surface area (Å²) in [5, 5.41) is 10.0. The van der Waals surface area contributed by atoms with Gasteiger partial charge in [0.15, 0.2) is 0 Å². The molecule has 1 aromatic heterocycles. The molecule has 0 spiro atoms. The Labute approximate surface area is 262 Å². The largest absolute Gasteiger partial charge is 1.00 e. The first-order valence-electron chi connectivity index (χ1n) is 10.6. The molecular formula is C25H21NNa2O9P+. The molecule has 0 aliphatic heterocycles. The van der Waals surface area contributed by atoms with Gasteiger partial charge in [0.25, 0.3) is 0 Å². The van der Waals surface area contributed by atoms with Gasteiger partial charge in [0.05, 0.1) is 29.0 Å². The number of phosphoric ester groups is 1. The Morgan fingerprint density at radius 1 is 0.895 bits per heavy atom. The fourth-order valence-corrected chi connectivity index (χ4v) is 4.57. The van der Waals surface area contributed by atoms with Crippen LogP contribution in [0.5, 0.6) is 17.2 Å². The number of carbonyl (C=O) groups excluding carboxylic acids is 1. The Balaban J connectivity index is 0.00000253. The third-order valence-corrected chi connectivity index (χ3v) is 6.19. The quantitative estimate of drug-likeness (QED) is 0.0640. The van der Waals surface area contributed by atoms with Crippen LogP contribution in [0, 0.1) is 13.8 Å². The van der Waals surface area contributed by atoms with E-state index < -0.39 is 19.8 Å². The van der Waals surface area contributed by atoms with E-state index in [1.165, 1.54) is 37.4 Å². The van der Waals surface area contributed by atoms with Crippen LogP contribution in [0.2, 0.25) is 0 Å². The van der Waals surface area contributed by atoms with E-state index in [1.54, 1.807) is 43.7 Å². The monoisotopic (exact) mass is 556 g/mol. The summed E-state index contributed by atoms with van der Waals surface area (Å²) in [4.78, 5) is 47.5. The molecule has 1 N–H and O–H groups in total. The molecule has 0 amide bonds. The number of carboxylic acids is 1. The van der Waals surface area contributed by atoms with Crippen molar-refractivity contribution in [1.29, 1.82) is 0 Å². The van der Waals surface area contributed by atoms with Crippen LogP contribution < -0.4 is 87.5 Å². The van der Waals surface area contributed by atoms with Crippen molar-refractivity contribution in [3.05, 3.63) is 70.8 Å². The van der Waals surface area contributed by atoms with Crippen LogP contribution in [0.1, 0.15) is 31.8 Å². The molecule has 0 aliphatic rings. The van der Waals surface area contributed by atoms with Gasteiger partial charge >= 0.3 is 71.1 Å². The smallest absolute Gasteiger partial charge is 0.780 e. The van der Waals surface area contributed by atoms with Gasteiger partial charge in [-0.25, -0.2) is 9.59 Å². The summed E-state index contributed by atoms with van der Waals surface area (Å²) < 4.78 is 28.6. The topological polar surface area (TPSA) is 149 Å². The number of carbonyl (C=O) groups is 2. The number of phosphoric acid groups is 1. The number of nitrogens with zero attached hydrogens (tertiary/aromatic N) is 1. The number of methoxy groups -OCH3 is 1. The van der Waals surface area contributed by atoms with Crippen LogP contribution in [0.15, 0.2) is 48.5 Å². The third kappa shape index (κ3) is 6.59. The first-order valence-corrected chi connectivity index (χ1v) is 12.1. The van der Waals surface area contributed by atoms with Crippen molar-refractivity contribution in [3.63, 3.8) is 0 Å². The zero-order valence-corrected chi connectivity index (χ0v) is 26.6. The molecular weight excluding hydrogens is 535 g/mol. The number of aromatic nitrogens is 1. The summed E-state index contributed by atoms with van der Waals surface area (Å²) in [6, 6.07) is 12.0. The fraction of sp³-hybridized carbons (Fsp3) is 0.160. The van der Waals surface area contributed by atoms with Crippen molar-refractivity contribution in [2.75, 3.05) is 7.11 Å². The molecule has 13 heteroatoms. The molecule has 0 saturated carbocycles. The summed E-state index contributed by atoms with van der Waals surface area (Å²) in [5.74, 6) is -1.49. The number of benzene rings is 3. The molecule has 0 unspecified atom stereocenters. The van der Waals surface area contributed by atoms with Gasteiger partial charge < -0.3 is 33.5 Å². The molecule has 0 saturated heterocycles. The number of ether oxygens (including phenoxy) is 2. The Bertz CT molecular complexity index is 1600. The van der Waals surface area contributed by atoms with Gasteiger partial charge in [-0.3, -0.25) is 0 Å². The molecule has 0 aliphatic carbocycles. The zero-order valence-electron chi connectivity index (χ0n) is 21.7. The minimum atomic E-state index is -5.35. The van der Waals surface area contributed by atoms with E-state index in [1.807, 2.05) is 0 Å². The number of esters is 1. The zero-order chi connectivity index (χ0) is 26.4. The van der Waals surface area contributed by atoms with E-state index >= 15 is 0 Å². The minimum Gasteiger partial charge on any atom is -0.780 e. The number of pyridine rings is 1. The van der Waals surface area contributed by atoms with Crippen molar-refractivity contribution < 1.29 is 107 Å².